The molecule has 2 atom stereocenters. The number of carbonyl (C=O) groups excluding carboxylic acids is 3. The second-order valence-electron chi connectivity index (χ2n) is 8.49. The van der Waals surface area contributed by atoms with E-state index in [-0.39, 0.29) is 24.7 Å². The summed E-state index contributed by atoms with van der Waals surface area (Å²) in [5.74, 6) is -1.08. The van der Waals surface area contributed by atoms with Crippen LogP contribution >= 0.6 is 11.3 Å². The van der Waals surface area contributed by atoms with Crippen molar-refractivity contribution in [1.29, 1.82) is 0 Å². The summed E-state index contributed by atoms with van der Waals surface area (Å²) < 4.78 is 5.41. The molecule has 154 valence electrons. The van der Waals surface area contributed by atoms with Crippen LogP contribution in [0.15, 0.2) is 41.8 Å². The Kier molecular flexibility index (Phi) is 6.22. The summed E-state index contributed by atoms with van der Waals surface area (Å²) in [5.41, 5.74) is 1.30. The van der Waals surface area contributed by atoms with Crippen molar-refractivity contribution in [3.05, 3.63) is 52.2 Å². The topological polar surface area (TPSA) is 63.7 Å². The molecule has 1 aliphatic heterocycles. The zero-order valence-electron chi connectivity index (χ0n) is 17.3. The van der Waals surface area contributed by atoms with Crippen molar-refractivity contribution in [2.24, 2.45) is 11.3 Å². The molecule has 0 saturated carbocycles. The Morgan fingerprint density at radius 1 is 1.17 bits per heavy atom. The van der Waals surface area contributed by atoms with Gasteiger partial charge < -0.3 is 9.64 Å². The lowest BCUT2D eigenvalue weighted by molar-refractivity contribution is -0.155. The third-order valence-corrected chi connectivity index (χ3v) is 6.17. The molecule has 5 nitrogen and oxygen atoms in total. The molecule has 6 heteroatoms. The van der Waals surface area contributed by atoms with Gasteiger partial charge in [-0.2, -0.15) is 0 Å². The first kappa shape index (κ1) is 21.2. The molecule has 0 spiro atoms. The number of hydrogen-bond acceptors (Lipinski definition) is 5. The van der Waals surface area contributed by atoms with E-state index in [0.717, 1.165) is 16.1 Å². The molecule has 2 aromatic rings. The first-order valence-electron chi connectivity index (χ1n) is 9.80. The summed E-state index contributed by atoms with van der Waals surface area (Å²) in [7, 11) is 0. The van der Waals surface area contributed by atoms with Crippen LogP contribution in [0.3, 0.4) is 0 Å². The summed E-state index contributed by atoms with van der Waals surface area (Å²) in [6.07, 6.45) is 0.676. The van der Waals surface area contributed by atoms with Crippen LogP contribution < -0.4 is 4.90 Å². The molecule has 1 saturated heterocycles. The number of Topliss-reactive ketones (excluding diaryl/α,β-unsaturated/α-hetero) is 1. The highest BCUT2D eigenvalue weighted by molar-refractivity contribution is 7.10. The quantitative estimate of drug-likeness (QED) is 0.667. The number of carbonyl (C=O) groups is 3. The molecule has 1 amide bonds. The lowest BCUT2D eigenvalue weighted by atomic mass is 9.87. The van der Waals surface area contributed by atoms with Gasteiger partial charge in [-0.25, -0.2) is 0 Å². The third kappa shape index (κ3) is 4.75. The number of amides is 1. The van der Waals surface area contributed by atoms with E-state index in [4.69, 9.17) is 4.74 Å². The average molecular weight is 414 g/mol. The smallest absolute Gasteiger partial charge is 0.311 e. The largest absolute Gasteiger partial charge is 0.457 e. The van der Waals surface area contributed by atoms with E-state index in [1.165, 1.54) is 11.3 Å². The van der Waals surface area contributed by atoms with Crippen molar-refractivity contribution in [2.75, 3.05) is 11.5 Å². The molecule has 0 radical (unpaired) electrons. The molecule has 1 fully saturated rings. The van der Waals surface area contributed by atoms with E-state index in [1.54, 1.807) is 25.7 Å². The van der Waals surface area contributed by atoms with Gasteiger partial charge in [-0.1, -0.05) is 44.5 Å². The number of benzene rings is 1. The number of esters is 1. The van der Waals surface area contributed by atoms with E-state index in [1.807, 2.05) is 48.7 Å². The second kappa shape index (κ2) is 8.49. The van der Waals surface area contributed by atoms with Crippen LogP contribution in [0.5, 0.6) is 0 Å². The molecule has 2 heterocycles. The molecule has 2 unspecified atom stereocenters. The van der Waals surface area contributed by atoms with Gasteiger partial charge in [0.25, 0.3) is 0 Å². The maximum Gasteiger partial charge on any atom is 0.311 e. The van der Waals surface area contributed by atoms with Gasteiger partial charge in [-0.15, -0.1) is 11.3 Å². The number of piperidine rings is 1. The van der Waals surface area contributed by atoms with E-state index in [0.29, 0.717) is 6.42 Å². The number of aryl methyl sites for hydroxylation is 1. The highest BCUT2D eigenvalue weighted by atomic mass is 32.1. The third-order valence-electron chi connectivity index (χ3n) is 5.23. The lowest BCUT2D eigenvalue weighted by Crippen LogP contribution is -2.46. The summed E-state index contributed by atoms with van der Waals surface area (Å²) in [4.78, 5) is 40.7. The van der Waals surface area contributed by atoms with Gasteiger partial charge in [0.15, 0.2) is 12.4 Å². The number of ether oxygens (including phenoxy) is 1. The second-order valence-corrected chi connectivity index (χ2v) is 9.46. The monoisotopic (exact) mass is 413 g/mol. The minimum Gasteiger partial charge on any atom is -0.457 e. The SMILES string of the molecule is Cc1ccc(N2C(=O)CCC(C(=O)OCC(=O)C(C)(C)C)C2c2cccs2)cc1. The minimum absolute atomic E-state index is 0.0120. The van der Waals surface area contributed by atoms with Crippen molar-refractivity contribution in [3.8, 4) is 0 Å². The Morgan fingerprint density at radius 2 is 1.86 bits per heavy atom. The Labute approximate surface area is 175 Å². The van der Waals surface area contributed by atoms with E-state index in [2.05, 4.69) is 0 Å². The van der Waals surface area contributed by atoms with E-state index in [9.17, 15) is 14.4 Å². The van der Waals surface area contributed by atoms with E-state index >= 15 is 0 Å². The predicted molar refractivity (Wildman–Crippen MR) is 114 cm³/mol. The highest BCUT2D eigenvalue weighted by Crippen LogP contribution is 2.42. The fraction of sp³-hybridized carbons (Fsp3) is 0.435. The van der Waals surface area contributed by atoms with Crippen LogP contribution in [0, 0.1) is 18.3 Å². The lowest BCUT2D eigenvalue weighted by Gasteiger charge is -2.39. The van der Waals surface area contributed by atoms with Gasteiger partial charge in [-0.3, -0.25) is 14.4 Å². The van der Waals surface area contributed by atoms with Crippen molar-refractivity contribution < 1.29 is 19.1 Å². The Morgan fingerprint density at radius 3 is 2.45 bits per heavy atom. The average Bonchev–Trinajstić information content (AvgIpc) is 3.20. The van der Waals surface area contributed by atoms with Crippen LogP contribution in [0.1, 0.15) is 50.1 Å². The Bertz CT molecular complexity index is 881. The van der Waals surface area contributed by atoms with Crippen LogP contribution in [0.25, 0.3) is 0 Å². The number of thiophene rings is 1. The van der Waals surface area contributed by atoms with Crippen molar-refractivity contribution >= 4 is 34.7 Å². The normalized spacial score (nSPS) is 19.9. The molecule has 0 aliphatic carbocycles. The van der Waals surface area contributed by atoms with Crippen molar-refractivity contribution in [3.63, 3.8) is 0 Å². The maximum atomic E-state index is 13.0. The number of hydrogen-bond donors (Lipinski definition) is 0. The summed E-state index contributed by atoms with van der Waals surface area (Å²) in [6, 6.07) is 11.1. The highest BCUT2D eigenvalue weighted by Gasteiger charge is 2.43. The number of nitrogens with zero attached hydrogens (tertiary/aromatic N) is 1. The van der Waals surface area contributed by atoms with Gasteiger partial charge in [-0.05, 0) is 36.9 Å². The fourth-order valence-electron chi connectivity index (χ4n) is 3.39. The molecule has 0 bridgehead atoms. The first-order chi connectivity index (χ1) is 13.7. The van der Waals surface area contributed by atoms with Gasteiger partial charge in [0.2, 0.25) is 5.91 Å². The Hall–Kier alpha value is -2.47. The van der Waals surface area contributed by atoms with E-state index < -0.39 is 23.3 Å². The first-order valence-corrected chi connectivity index (χ1v) is 10.7. The molecule has 1 aromatic heterocycles. The summed E-state index contributed by atoms with van der Waals surface area (Å²) in [5, 5.41) is 1.94. The predicted octanol–water partition coefficient (Wildman–Crippen LogP) is 4.70. The fourth-order valence-corrected chi connectivity index (χ4v) is 4.27. The van der Waals surface area contributed by atoms with Gasteiger partial charge >= 0.3 is 5.97 Å². The minimum atomic E-state index is -0.566. The van der Waals surface area contributed by atoms with Crippen LogP contribution in [-0.4, -0.2) is 24.3 Å². The van der Waals surface area contributed by atoms with Gasteiger partial charge in [0.05, 0.1) is 12.0 Å². The zero-order valence-corrected chi connectivity index (χ0v) is 18.1. The molecule has 0 N–H and O–H groups in total. The van der Waals surface area contributed by atoms with Crippen molar-refractivity contribution in [1.82, 2.24) is 0 Å². The number of anilines is 1. The molecular formula is C23H27NO4S. The Balaban J connectivity index is 1.90. The van der Waals surface area contributed by atoms with Crippen LogP contribution in [0.2, 0.25) is 0 Å². The van der Waals surface area contributed by atoms with Crippen molar-refractivity contribution in [2.45, 2.75) is 46.6 Å². The molecule has 1 aliphatic rings. The maximum absolute atomic E-state index is 13.0. The summed E-state index contributed by atoms with van der Waals surface area (Å²) in [6.45, 7) is 7.15. The van der Waals surface area contributed by atoms with Gasteiger partial charge in [0.1, 0.15) is 0 Å². The number of ketones is 1. The van der Waals surface area contributed by atoms with Crippen LogP contribution in [-0.2, 0) is 19.1 Å². The molecular weight excluding hydrogens is 386 g/mol. The standard InChI is InChI=1S/C23H27NO4S/c1-15-7-9-16(10-8-15)24-20(26)12-11-17(21(24)18-6-5-13-29-18)22(27)28-14-19(25)23(2,3)4/h5-10,13,17,21H,11-12,14H2,1-4H3. The van der Waals surface area contributed by atoms with Gasteiger partial charge in [0, 0.05) is 22.4 Å². The molecule has 1 aromatic carbocycles. The summed E-state index contributed by atoms with van der Waals surface area (Å²) >= 11 is 1.51. The number of rotatable bonds is 5. The molecule has 29 heavy (non-hydrogen) atoms. The molecule has 3 rings (SSSR count). The van der Waals surface area contributed by atoms with Crippen LogP contribution in [0.4, 0.5) is 5.69 Å². The zero-order chi connectivity index (χ0) is 21.2.